The van der Waals surface area contributed by atoms with Gasteiger partial charge in [-0.25, -0.2) is 9.97 Å². The first-order valence-corrected chi connectivity index (χ1v) is 7.07. The van der Waals surface area contributed by atoms with Crippen LogP contribution < -0.4 is 4.90 Å². The van der Waals surface area contributed by atoms with Gasteiger partial charge in [0, 0.05) is 51.1 Å². The molecule has 1 N–H and O–H groups in total. The molecule has 112 valence electrons. The van der Waals surface area contributed by atoms with E-state index in [9.17, 15) is 5.11 Å². The highest BCUT2D eigenvalue weighted by atomic mass is 16.5. The predicted octanol–water partition coefficient (Wildman–Crippen LogP) is 0.434. The van der Waals surface area contributed by atoms with Gasteiger partial charge in [-0.1, -0.05) is 0 Å². The van der Waals surface area contributed by atoms with Crippen LogP contribution in [-0.4, -0.2) is 65.9 Å². The molecular formula is C14H24N4O2. The molecule has 2 rings (SSSR count). The summed E-state index contributed by atoms with van der Waals surface area (Å²) in [6.45, 7) is 8.44. The Labute approximate surface area is 120 Å². The van der Waals surface area contributed by atoms with Crippen LogP contribution in [0.4, 0.5) is 5.82 Å². The highest BCUT2D eigenvalue weighted by molar-refractivity contribution is 5.40. The number of aryl methyl sites for hydroxylation is 1. The normalized spacial score (nSPS) is 18.3. The van der Waals surface area contributed by atoms with E-state index >= 15 is 0 Å². The molecule has 1 aliphatic rings. The Morgan fingerprint density at radius 3 is 2.60 bits per heavy atom. The number of nitrogens with zero attached hydrogens (tertiary/aromatic N) is 4. The lowest BCUT2D eigenvalue weighted by molar-refractivity contribution is 0.128. The van der Waals surface area contributed by atoms with E-state index in [1.54, 1.807) is 7.11 Å². The van der Waals surface area contributed by atoms with E-state index in [1.807, 2.05) is 13.0 Å². The van der Waals surface area contributed by atoms with E-state index < -0.39 is 0 Å². The third-order valence-corrected chi connectivity index (χ3v) is 3.69. The Kier molecular flexibility index (Phi) is 5.28. The Bertz CT molecular complexity index is 433. The molecule has 2 heterocycles. The first-order valence-electron chi connectivity index (χ1n) is 7.07. The highest BCUT2D eigenvalue weighted by Crippen LogP contribution is 2.16. The summed E-state index contributed by atoms with van der Waals surface area (Å²) in [5, 5.41) is 9.21. The van der Waals surface area contributed by atoms with Crippen molar-refractivity contribution in [2.75, 3.05) is 44.8 Å². The smallest absolute Gasteiger partial charge is 0.156 e. The zero-order valence-corrected chi connectivity index (χ0v) is 12.5. The van der Waals surface area contributed by atoms with E-state index in [4.69, 9.17) is 4.74 Å². The number of piperazine rings is 1. The summed E-state index contributed by atoms with van der Waals surface area (Å²) in [5.74, 6) is 1.70. The van der Waals surface area contributed by atoms with E-state index in [1.165, 1.54) is 0 Å². The van der Waals surface area contributed by atoms with Crippen LogP contribution in [-0.2, 0) is 11.3 Å². The second-order valence-electron chi connectivity index (χ2n) is 5.27. The highest BCUT2D eigenvalue weighted by Gasteiger charge is 2.21. The molecule has 1 unspecified atom stereocenters. The third-order valence-electron chi connectivity index (χ3n) is 3.69. The SMILES string of the molecule is COCc1nc(C)cc(N2CCN(C(C)CO)CC2)n1. The molecule has 1 fully saturated rings. The molecule has 0 saturated carbocycles. The lowest BCUT2D eigenvalue weighted by atomic mass is 10.2. The number of hydrogen-bond donors (Lipinski definition) is 1. The molecule has 0 spiro atoms. The molecule has 1 atom stereocenters. The average molecular weight is 280 g/mol. The molecule has 0 aromatic carbocycles. The zero-order chi connectivity index (χ0) is 14.5. The molecule has 1 aromatic heterocycles. The van der Waals surface area contributed by atoms with Crippen LogP contribution in [0.3, 0.4) is 0 Å². The van der Waals surface area contributed by atoms with E-state index in [-0.39, 0.29) is 12.6 Å². The van der Waals surface area contributed by atoms with E-state index in [2.05, 4.69) is 26.7 Å². The number of methoxy groups -OCH3 is 1. The second-order valence-corrected chi connectivity index (χ2v) is 5.27. The van der Waals surface area contributed by atoms with Gasteiger partial charge in [0.2, 0.25) is 0 Å². The zero-order valence-electron chi connectivity index (χ0n) is 12.5. The van der Waals surface area contributed by atoms with Gasteiger partial charge in [0.1, 0.15) is 12.4 Å². The van der Waals surface area contributed by atoms with Gasteiger partial charge >= 0.3 is 0 Å². The van der Waals surface area contributed by atoms with Crippen molar-refractivity contribution in [1.82, 2.24) is 14.9 Å². The Hall–Kier alpha value is -1.24. The van der Waals surface area contributed by atoms with Crippen LogP contribution in [0, 0.1) is 6.92 Å². The maximum Gasteiger partial charge on any atom is 0.156 e. The van der Waals surface area contributed by atoms with Crippen LogP contribution in [0.1, 0.15) is 18.4 Å². The molecular weight excluding hydrogens is 256 g/mol. The first-order chi connectivity index (χ1) is 9.63. The van der Waals surface area contributed by atoms with Crippen molar-refractivity contribution < 1.29 is 9.84 Å². The third kappa shape index (κ3) is 3.65. The Balaban J connectivity index is 2.03. The standard InChI is InChI=1S/C14H24N4O2/c1-11-8-14(16-13(15-11)10-20-3)18-6-4-17(5-7-18)12(2)9-19/h8,12,19H,4-7,9-10H2,1-3H3. The number of hydrogen-bond acceptors (Lipinski definition) is 6. The predicted molar refractivity (Wildman–Crippen MR) is 77.8 cm³/mol. The van der Waals surface area contributed by atoms with Crippen LogP contribution in [0.25, 0.3) is 0 Å². The van der Waals surface area contributed by atoms with E-state index in [0.717, 1.165) is 43.5 Å². The number of ether oxygens (including phenoxy) is 1. The van der Waals surface area contributed by atoms with Gasteiger partial charge in [-0.3, -0.25) is 4.90 Å². The summed E-state index contributed by atoms with van der Waals surface area (Å²) in [6, 6.07) is 2.25. The maximum atomic E-state index is 9.21. The van der Waals surface area contributed by atoms with Crippen LogP contribution in [0.2, 0.25) is 0 Å². The topological polar surface area (TPSA) is 61.7 Å². The summed E-state index contributed by atoms with van der Waals surface area (Å²) in [6.07, 6.45) is 0. The average Bonchev–Trinajstić information content (AvgIpc) is 2.46. The van der Waals surface area contributed by atoms with Gasteiger partial charge in [0.15, 0.2) is 5.82 Å². The van der Waals surface area contributed by atoms with Crippen LogP contribution in [0.15, 0.2) is 6.07 Å². The monoisotopic (exact) mass is 280 g/mol. The van der Waals surface area contributed by atoms with Crippen molar-refractivity contribution in [3.05, 3.63) is 17.6 Å². The molecule has 1 saturated heterocycles. The number of aliphatic hydroxyl groups excluding tert-OH is 1. The lowest BCUT2D eigenvalue weighted by Crippen LogP contribution is -2.50. The van der Waals surface area contributed by atoms with Crippen molar-refractivity contribution in [3.63, 3.8) is 0 Å². The number of rotatable bonds is 5. The van der Waals surface area contributed by atoms with Crippen molar-refractivity contribution >= 4 is 5.82 Å². The van der Waals surface area contributed by atoms with Crippen molar-refractivity contribution in [2.45, 2.75) is 26.5 Å². The molecule has 0 aliphatic carbocycles. The first kappa shape index (κ1) is 15.2. The van der Waals surface area contributed by atoms with Crippen LogP contribution in [0.5, 0.6) is 0 Å². The summed E-state index contributed by atoms with van der Waals surface area (Å²) < 4.78 is 5.11. The number of anilines is 1. The molecule has 1 aliphatic heterocycles. The molecule has 6 heteroatoms. The lowest BCUT2D eigenvalue weighted by Gasteiger charge is -2.38. The fourth-order valence-corrected chi connectivity index (χ4v) is 2.48. The van der Waals surface area contributed by atoms with Crippen molar-refractivity contribution in [1.29, 1.82) is 0 Å². The largest absolute Gasteiger partial charge is 0.395 e. The minimum atomic E-state index is 0.213. The molecule has 0 amide bonds. The second kappa shape index (κ2) is 6.97. The minimum Gasteiger partial charge on any atom is -0.395 e. The van der Waals surface area contributed by atoms with Crippen molar-refractivity contribution in [2.24, 2.45) is 0 Å². The quantitative estimate of drug-likeness (QED) is 0.844. The molecule has 1 aromatic rings. The molecule has 20 heavy (non-hydrogen) atoms. The molecule has 0 bridgehead atoms. The summed E-state index contributed by atoms with van der Waals surface area (Å²) in [5.41, 5.74) is 0.966. The number of aromatic nitrogens is 2. The van der Waals surface area contributed by atoms with Gasteiger partial charge in [0.25, 0.3) is 0 Å². The van der Waals surface area contributed by atoms with Gasteiger partial charge in [0.05, 0.1) is 6.61 Å². The van der Waals surface area contributed by atoms with Crippen LogP contribution >= 0.6 is 0 Å². The maximum absolute atomic E-state index is 9.21. The van der Waals surface area contributed by atoms with Gasteiger partial charge in [-0.15, -0.1) is 0 Å². The summed E-state index contributed by atoms with van der Waals surface area (Å²) in [7, 11) is 1.65. The van der Waals surface area contributed by atoms with Gasteiger partial charge in [-0.05, 0) is 13.8 Å². The minimum absolute atomic E-state index is 0.213. The van der Waals surface area contributed by atoms with Gasteiger partial charge in [-0.2, -0.15) is 0 Å². The summed E-state index contributed by atoms with van der Waals surface area (Å²) in [4.78, 5) is 13.5. The fourth-order valence-electron chi connectivity index (χ4n) is 2.48. The van der Waals surface area contributed by atoms with E-state index in [0.29, 0.717) is 6.61 Å². The van der Waals surface area contributed by atoms with Crippen molar-refractivity contribution in [3.8, 4) is 0 Å². The molecule has 0 radical (unpaired) electrons. The van der Waals surface area contributed by atoms with Gasteiger partial charge < -0.3 is 14.7 Å². The molecule has 6 nitrogen and oxygen atoms in total. The number of aliphatic hydroxyl groups is 1. The fraction of sp³-hybridized carbons (Fsp3) is 0.714. The Morgan fingerprint density at radius 1 is 1.30 bits per heavy atom. The summed E-state index contributed by atoms with van der Waals surface area (Å²) >= 11 is 0. The Morgan fingerprint density at radius 2 is 2.00 bits per heavy atom.